The molecule has 7 aromatic heterocycles. The van der Waals surface area contributed by atoms with E-state index in [1.807, 2.05) is 48.5 Å². The molecule has 59 heavy (non-hydrogen) atoms. The molecule has 0 aliphatic rings. The molecule has 10 heteroatoms. The van der Waals surface area contributed by atoms with Crippen LogP contribution >= 0.6 is 0 Å². The second-order valence-corrected chi connectivity index (χ2v) is 14.3. The lowest BCUT2D eigenvalue weighted by Gasteiger charge is -2.14. The lowest BCUT2D eigenvalue weighted by Crippen LogP contribution is -2.07. The minimum absolute atomic E-state index is 0.470. The fourth-order valence-corrected chi connectivity index (χ4v) is 8.22. The van der Waals surface area contributed by atoms with Crippen LogP contribution in [0.5, 0.6) is 0 Å². The average molecular weight is 760 g/mol. The van der Waals surface area contributed by atoms with E-state index in [1.54, 1.807) is 31.0 Å². The molecule has 0 fully saturated rings. The molecule has 0 N–H and O–H groups in total. The molecule has 0 aliphatic heterocycles. The van der Waals surface area contributed by atoms with Crippen LogP contribution in [0.3, 0.4) is 0 Å². The van der Waals surface area contributed by atoms with Gasteiger partial charge in [-0.1, -0.05) is 72.8 Å². The van der Waals surface area contributed by atoms with Gasteiger partial charge in [-0.05, 0) is 83.9 Å². The number of benzene rings is 5. The molecule has 5 aromatic carbocycles. The first-order valence-corrected chi connectivity index (χ1v) is 19.2. The van der Waals surface area contributed by atoms with Gasteiger partial charge in [0, 0.05) is 69.3 Å². The summed E-state index contributed by atoms with van der Waals surface area (Å²) >= 11 is 0. The number of rotatable bonds is 6. The van der Waals surface area contributed by atoms with Crippen LogP contribution in [0.1, 0.15) is 0 Å². The first kappa shape index (κ1) is 32.8. The number of hydrogen-bond acceptors (Lipinski definition) is 8. The minimum atomic E-state index is 0.470. The molecule has 7 heterocycles. The molecule has 0 spiro atoms. The van der Waals surface area contributed by atoms with Crippen molar-refractivity contribution < 1.29 is 4.42 Å². The van der Waals surface area contributed by atoms with Gasteiger partial charge in [-0.2, -0.15) is 9.97 Å². The van der Waals surface area contributed by atoms with Crippen LogP contribution in [0.15, 0.2) is 181 Å². The highest BCUT2D eigenvalue weighted by molar-refractivity contribution is 6.23. The largest absolute Gasteiger partial charge is 0.436 e. The minimum Gasteiger partial charge on any atom is -0.436 e. The highest BCUT2D eigenvalue weighted by atomic mass is 16.3. The van der Waals surface area contributed by atoms with E-state index in [4.69, 9.17) is 24.4 Å². The summed E-state index contributed by atoms with van der Waals surface area (Å²) in [6.45, 7) is 0. The Morgan fingerprint density at radius 2 is 1.17 bits per heavy atom. The SMILES string of the molecule is c1ccc(-c2nc(-c3cccnc3)nc(-n3c4ccccc4c4ccc5c6ccccc6n(-c6cccc(-c7ccc8oc(-c9ccncc9)nc8c7)c6)c5c43)n2)nc1. The van der Waals surface area contributed by atoms with Crippen LogP contribution in [0.25, 0.3) is 112 Å². The molecule has 0 saturated carbocycles. The van der Waals surface area contributed by atoms with Gasteiger partial charge < -0.3 is 8.98 Å². The van der Waals surface area contributed by atoms with Crippen molar-refractivity contribution in [2.24, 2.45) is 0 Å². The molecule has 0 atom stereocenters. The number of fused-ring (bicyclic) bond motifs is 8. The second kappa shape index (κ2) is 13.1. The Balaban J connectivity index is 1.12. The number of pyridine rings is 3. The lowest BCUT2D eigenvalue weighted by atomic mass is 10.0. The Kier molecular flexibility index (Phi) is 7.29. The quantitative estimate of drug-likeness (QED) is 0.165. The first-order chi connectivity index (χ1) is 29.2. The van der Waals surface area contributed by atoms with E-state index in [1.165, 1.54) is 0 Å². The molecule has 0 unspecified atom stereocenters. The van der Waals surface area contributed by atoms with Gasteiger partial charge in [0.25, 0.3) is 0 Å². The van der Waals surface area contributed by atoms with Crippen LogP contribution in [0.2, 0.25) is 0 Å². The van der Waals surface area contributed by atoms with Gasteiger partial charge in [0.15, 0.2) is 17.2 Å². The highest BCUT2D eigenvalue weighted by Crippen LogP contribution is 2.42. The highest BCUT2D eigenvalue weighted by Gasteiger charge is 2.24. The van der Waals surface area contributed by atoms with Gasteiger partial charge in [-0.3, -0.25) is 19.5 Å². The molecule has 12 rings (SSSR count). The Hall–Kier alpha value is -8.37. The van der Waals surface area contributed by atoms with Gasteiger partial charge in [-0.15, -0.1) is 0 Å². The zero-order chi connectivity index (χ0) is 38.9. The molecule has 0 saturated heterocycles. The van der Waals surface area contributed by atoms with E-state index in [0.29, 0.717) is 29.2 Å². The van der Waals surface area contributed by atoms with Crippen molar-refractivity contribution in [2.45, 2.75) is 0 Å². The molecule has 0 aliphatic carbocycles. The summed E-state index contributed by atoms with van der Waals surface area (Å²) < 4.78 is 10.7. The number of oxazole rings is 1. The normalized spacial score (nSPS) is 11.7. The van der Waals surface area contributed by atoms with Crippen LogP contribution in [-0.4, -0.2) is 44.0 Å². The molecular weight excluding hydrogens is 731 g/mol. The molecule has 0 bridgehead atoms. The Bertz CT molecular complexity index is 3500. The van der Waals surface area contributed by atoms with Crippen molar-refractivity contribution in [1.82, 2.24) is 44.0 Å². The van der Waals surface area contributed by atoms with Gasteiger partial charge in [0.2, 0.25) is 11.8 Å². The van der Waals surface area contributed by atoms with E-state index in [2.05, 4.69) is 121 Å². The maximum Gasteiger partial charge on any atom is 0.238 e. The predicted octanol–water partition coefficient (Wildman–Crippen LogP) is 11.1. The van der Waals surface area contributed by atoms with E-state index in [0.717, 1.165) is 82.7 Å². The predicted molar refractivity (Wildman–Crippen MR) is 231 cm³/mol. The third-order valence-electron chi connectivity index (χ3n) is 10.9. The van der Waals surface area contributed by atoms with Gasteiger partial charge in [-0.25, -0.2) is 9.97 Å². The van der Waals surface area contributed by atoms with E-state index >= 15 is 0 Å². The second-order valence-electron chi connectivity index (χ2n) is 14.3. The van der Waals surface area contributed by atoms with Crippen molar-refractivity contribution in [2.75, 3.05) is 0 Å². The molecule has 10 nitrogen and oxygen atoms in total. The number of hydrogen-bond donors (Lipinski definition) is 0. The van der Waals surface area contributed by atoms with Crippen LogP contribution in [0, 0.1) is 0 Å². The fraction of sp³-hybridized carbons (Fsp3) is 0. The van der Waals surface area contributed by atoms with E-state index in [9.17, 15) is 0 Å². The van der Waals surface area contributed by atoms with Crippen molar-refractivity contribution in [3.05, 3.63) is 177 Å². The zero-order valence-corrected chi connectivity index (χ0v) is 31.2. The average Bonchev–Trinajstić information content (AvgIpc) is 4.00. The van der Waals surface area contributed by atoms with Gasteiger partial charge in [0.1, 0.15) is 11.2 Å². The Morgan fingerprint density at radius 3 is 1.95 bits per heavy atom. The standard InChI is InChI=1S/C49H29N9O/c1-3-15-41-35(12-1)37-18-19-38-36-13-2-4-16-42(36)58(49-55-46(33-10-8-23-51-29-33)54-47(56-49)39-14-5-6-24-52-39)45(38)44(37)57(41)34-11-7-9-31(27-34)32-17-20-43-40(28-32)53-48(59-43)30-21-25-50-26-22-30/h1-29H. The third kappa shape index (κ3) is 5.31. The number of aromatic nitrogens is 9. The molecule has 0 amide bonds. The summed E-state index contributed by atoms with van der Waals surface area (Å²) in [5.74, 6) is 2.02. The smallest absolute Gasteiger partial charge is 0.238 e. The Labute approximate surface area is 335 Å². The summed E-state index contributed by atoms with van der Waals surface area (Å²) in [5.41, 5.74) is 11.0. The fourth-order valence-electron chi connectivity index (χ4n) is 8.22. The van der Waals surface area contributed by atoms with Crippen molar-refractivity contribution in [1.29, 1.82) is 0 Å². The summed E-state index contributed by atoms with van der Waals surface area (Å²) in [4.78, 5) is 33.3. The summed E-state index contributed by atoms with van der Waals surface area (Å²) in [6.07, 6.45) is 8.76. The van der Waals surface area contributed by atoms with E-state index in [-0.39, 0.29) is 0 Å². The summed E-state index contributed by atoms with van der Waals surface area (Å²) in [6, 6.07) is 49.7. The first-order valence-electron chi connectivity index (χ1n) is 19.2. The zero-order valence-electron chi connectivity index (χ0n) is 31.2. The maximum absolute atomic E-state index is 6.14. The molecule has 12 aromatic rings. The van der Waals surface area contributed by atoms with Crippen LogP contribution < -0.4 is 0 Å². The lowest BCUT2D eigenvalue weighted by molar-refractivity contribution is 0.619. The summed E-state index contributed by atoms with van der Waals surface area (Å²) in [7, 11) is 0. The number of nitrogens with zero attached hydrogens (tertiary/aromatic N) is 9. The summed E-state index contributed by atoms with van der Waals surface area (Å²) in [5, 5.41) is 4.42. The van der Waals surface area contributed by atoms with Crippen molar-refractivity contribution in [3.63, 3.8) is 0 Å². The molecular formula is C49H29N9O. The van der Waals surface area contributed by atoms with Gasteiger partial charge >= 0.3 is 0 Å². The van der Waals surface area contributed by atoms with Crippen molar-refractivity contribution >= 4 is 54.7 Å². The molecule has 0 radical (unpaired) electrons. The third-order valence-corrected chi connectivity index (χ3v) is 10.9. The van der Waals surface area contributed by atoms with Crippen molar-refractivity contribution in [3.8, 4) is 57.1 Å². The molecule has 276 valence electrons. The van der Waals surface area contributed by atoms with Gasteiger partial charge in [0.05, 0.1) is 22.1 Å². The maximum atomic E-state index is 6.14. The Morgan fingerprint density at radius 1 is 0.441 bits per heavy atom. The van der Waals surface area contributed by atoms with Crippen LogP contribution in [0.4, 0.5) is 0 Å². The topological polar surface area (TPSA) is 113 Å². The van der Waals surface area contributed by atoms with Crippen LogP contribution in [-0.2, 0) is 0 Å². The van der Waals surface area contributed by atoms with E-state index < -0.39 is 0 Å². The number of para-hydroxylation sites is 2. The monoisotopic (exact) mass is 759 g/mol.